The molecule has 0 fully saturated rings. The zero-order chi connectivity index (χ0) is 20.5. The Morgan fingerprint density at radius 2 is 1.93 bits per heavy atom. The van der Waals surface area contributed by atoms with Gasteiger partial charge in [-0.05, 0) is 42.0 Å². The summed E-state index contributed by atoms with van der Waals surface area (Å²) in [5, 5.41) is 3.96. The Hall–Kier alpha value is -3.45. The van der Waals surface area contributed by atoms with Crippen LogP contribution in [-0.4, -0.2) is 18.1 Å². The largest absolute Gasteiger partial charge is 0.465 e. The number of rotatable bonds is 7. The summed E-state index contributed by atoms with van der Waals surface area (Å²) in [5.41, 5.74) is 3.89. The van der Waals surface area contributed by atoms with Gasteiger partial charge in [0.15, 0.2) is 0 Å². The van der Waals surface area contributed by atoms with Crippen LogP contribution in [0, 0.1) is 0 Å². The third-order valence-electron chi connectivity index (χ3n) is 3.71. The van der Waals surface area contributed by atoms with E-state index in [4.69, 9.17) is 9.15 Å². The molecule has 0 unspecified atom stereocenters. The molecule has 6 nitrogen and oxygen atoms in total. The first kappa shape index (κ1) is 20.3. The fourth-order valence-electron chi connectivity index (χ4n) is 2.39. The molecule has 1 heterocycles. The van der Waals surface area contributed by atoms with Crippen LogP contribution in [0.25, 0.3) is 6.08 Å². The number of hydrazone groups is 1. The third-order valence-corrected chi connectivity index (χ3v) is 4.20. The highest BCUT2D eigenvalue weighted by molar-refractivity contribution is 9.10. The number of amides is 1. The van der Waals surface area contributed by atoms with Gasteiger partial charge in [-0.3, -0.25) is 4.79 Å². The number of hydrogen-bond acceptors (Lipinski definition) is 5. The molecule has 0 radical (unpaired) electrons. The van der Waals surface area contributed by atoms with Gasteiger partial charge in [0.25, 0.3) is 0 Å². The molecule has 146 valence electrons. The summed E-state index contributed by atoms with van der Waals surface area (Å²) in [5.74, 6) is 0.0397. The summed E-state index contributed by atoms with van der Waals surface area (Å²) in [6.45, 7) is 0. The Morgan fingerprint density at radius 3 is 2.69 bits per heavy atom. The Morgan fingerprint density at radius 1 is 1.10 bits per heavy atom. The quantitative estimate of drug-likeness (QED) is 0.190. The van der Waals surface area contributed by atoms with E-state index < -0.39 is 5.97 Å². The fourth-order valence-corrected chi connectivity index (χ4v) is 2.77. The lowest BCUT2D eigenvalue weighted by Crippen LogP contribution is -2.19. The Balaban J connectivity index is 1.62. The van der Waals surface area contributed by atoms with E-state index in [-0.39, 0.29) is 12.3 Å². The summed E-state index contributed by atoms with van der Waals surface area (Å²) in [4.78, 5) is 24.0. The van der Waals surface area contributed by atoms with Crippen molar-refractivity contribution < 1.29 is 18.7 Å². The summed E-state index contributed by atoms with van der Waals surface area (Å²) < 4.78 is 11.3. The summed E-state index contributed by atoms with van der Waals surface area (Å²) >= 11 is 3.37. The van der Waals surface area contributed by atoms with Crippen molar-refractivity contribution in [1.29, 1.82) is 0 Å². The Labute approximate surface area is 176 Å². The first-order valence-electron chi connectivity index (χ1n) is 8.69. The SMILES string of the molecule is O=C(Cc1ccccc1)N/N=C\c1cc(Br)ccc1OC(=O)/C=C/c1ccco1. The van der Waals surface area contributed by atoms with E-state index in [2.05, 4.69) is 26.5 Å². The number of furan rings is 1. The van der Waals surface area contributed by atoms with Crippen LogP contribution < -0.4 is 10.2 Å². The van der Waals surface area contributed by atoms with Gasteiger partial charge in [-0.1, -0.05) is 46.3 Å². The maximum absolute atomic E-state index is 12.1. The average Bonchev–Trinajstić information content (AvgIpc) is 3.23. The summed E-state index contributed by atoms with van der Waals surface area (Å²) in [6, 6.07) is 17.9. The van der Waals surface area contributed by atoms with Gasteiger partial charge in [0.05, 0.1) is 18.9 Å². The third kappa shape index (κ3) is 6.58. The lowest BCUT2D eigenvalue weighted by atomic mass is 10.1. The number of carbonyl (C=O) groups excluding carboxylic acids is 2. The van der Waals surface area contributed by atoms with Gasteiger partial charge in [0, 0.05) is 16.1 Å². The predicted molar refractivity (Wildman–Crippen MR) is 113 cm³/mol. The van der Waals surface area contributed by atoms with Crippen molar-refractivity contribution in [2.75, 3.05) is 0 Å². The number of halogens is 1. The normalized spacial score (nSPS) is 11.1. The molecule has 1 N–H and O–H groups in total. The second-order valence-corrected chi connectivity index (χ2v) is 6.82. The van der Waals surface area contributed by atoms with Crippen molar-refractivity contribution in [3.05, 3.63) is 94.4 Å². The molecule has 3 rings (SSSR count). The number of ether oxygens (including phenoxy) is 1. The maximum Gasteiger partial charge on any atom is 0.336 e. The number of hydrogen-bond donors (Lipinski definition) is 1. The van der Waals surface area contributed by atoms with Crippen molar-refractivity contribution >= 4 is 40.1 Å². The first-order valence-corrected chi connectivity index (χ1v) is 9.48. The lowest BCUT2D eigenvalue weighted by molar-refractivity contribution is -0.129. The highest BCUT2D eigenvalue weighted by Crippen LogP contribution is 2.22. The van der Waals surface area contributed by atoms with E-state index in [0.29, 0.717) is 17.1 Å². The number of carbonyl (C=O) groups is 2. The predicted octanol–water partition coefficient (Wildman–Crippen LogP) is 4.35. The van der Waals surface area contributed by atoms with Crippen LogP contribution in [-0.2, 0) is 16.0 Å². The topological polar surface area (TPSA) is 80.9 Å². The van der Waals surface area contributed by atoms with Crippen LogP contribution in [0.15, 0.2) is 87.0 Å². The van der Waals surface area contributed by atoms with E-state index in [1.54, 1.807) is 30.3 Å². The molecule has 0 aliphatic rings. The van der Waals surface area contributed by atoms with Gasteiger partial charge in [-0.2, -0.15) is 5.10 Å². The molecule has 0 aliphatic carbocycles. The zero-order valence-electron chi connectivity index (χ0n) is 15.2. The van der Waals surface area contributed by atoms with Gasteiger partial charge in [0.2, 0.25) is 5.91 Å². The minimum Gasteiger partial charge on any atom is -0.465 e. The Bertz CT molecular complexity index is 1030. The standard InChI is InChI=1S/C22H17BrN2O4/c23-18-8-10-20(29-22(27)11-9-19-7-4-12-28-19)17(14-18)15-24-25-21(26)13-16-5-2-1-3-6-16/h1-12,14-15H,13H2,(H,25,26)/b11-9+,24-15-. The van der Waals surface area contributed by atoms with Crippen LogP contribution in [0.4, 0.5) is 0 Å². The number of esters is 1. The van der Waals surface area contributed by atoms with Crippen LogP contribution in [0.2, 0.25) is 0 Å². The van der Waals surface area contributed by atoms with Gasteiger partial charge in [0.1, 0.15) is 11.5 Å². The molecule has 0 bridgehead atoms. The van der Waals surface area contributed by atoms with Crippen molar-refractivity contribution in [3.63, 3.8) is 0 Å². The van der Waals surface area contributed by atoms with Gasteiger partial charge >= 0.3 is 5.97 Å². The van der Waals surface area contributed by atoms with E-state index >= 15 is 0 Å². The molecule has 1 aromatic heterocycles. The highest BCUT2D eigenvalue weighted by Gasteiger charge is 2.08. The van der Waals surface area contributed by atoms with Crippen LogP contribution in [0.3, 0.4) is 0 Å². The molecule has 3 aromatic rings. The number of nitrogens with zero attached hydrogens (tertiary/aromatic N) is 1. The zero-order valence-corrected chi connectivity index (χ0v) is 16.8. The van der Waals surface area contributed by atoms with Gasteiger partial charge < -0.3 is 9.15 Å². The molecule has 0 saturated heterocycles. The smallest absolute Gasteiger partial charge is 0.336 e. The molecular weight excluding hydrogens is 436 g/mol. The van der Waals surface area contributed by atoms with Crippen LogP contribution >= 0.6 is 15.9 Å². The molecule has 0 atom stereocenters. The van der Waals surface area contributed by atoms with Crippen molar-refractivity contribution in [2.45, 2.75) is 6.42 Å². The van der Waals surface area contributed by atoms with Crippen molar-refractivity contribution in [3.8, 4) is 5.75 Å². The lowest BCUT2D eigenvalue weighted by Gasteiger charge is -2.06. The molecule has 2 aromatic carbocycles. The second-order valence-electron chi connectivity index (χ2n) is 5.91. The molecule has 1 amide bonds. The summed E-state index contributed by atoms with van der Waals surface area (Å²) in [7, 11) is 0. The minimum atomic E-state index is -0.563. The molecule has 0 aliphatic heterocycles. The number of benzene rings is 2. The monoisotopic (exact) mass is 452 g/mol. The molecule has 7 heteroatoms. The van der Waals surface area contributed by atoms with E-state index in [0.717, 1.165) is 10.0 Å². The summed E-state index contributed by atoms with van der Waals surface area (Å²) in [6.07, 6.45) is 5.94. The fraction of sp³-hybridized carbons (Fsp3) is 0.0455. The van der Waals surface area contributed by atoms with Crippen molar-refractivity contribution in [2.24, 2.45) is 5.10 Å². The molecule has 0 saturated carbocycles. The molecular formula is C22H17BrN2O4. The second kappa shape index (κ2) is 10.2. The van der Waals surface area contributed by atoms with E-state index in [1.807, 2.05) is 30.3 Å². The van der Waals surface area contributed by atoms with Gasteiger partial charge in [-0.15, -0.1) is 0 Å². The Kier molecular flexibility index (Phi) is 7.13. The number of nitrogens with one attached hydrogen (secondary N) is 1. The first-order chi connectivity index (χ1) is 14.1. The minimum absolute atomic E-state index is 0.218. The van der Waals surface area contributed by atoms with Crippen LogP contribution in [0.5, 0.6) is 5.75 Å². The highest BCUT2D eigenvalue weighted by atomic mass is 79.9. The van der Waals surface area contributed by atoms with Crippen LogP contribution in [0.1, 0.15) is 16.9 Å². The molecule has 29 heavy (non-hydrogen) atoms. The average molecular weight is 453 g/mol. The van der Waals surface area contributed by atoms with E-state index in [9.17, 15) is 9.59 Å². The molecule has 0 spiro atoms. The van der Waals surface area contributed by atoms with Gasteiger partial charge in [-0.25, -0.2) is 10.2 Å². The van der Waals surface area contributed by atoms with Crippen molar-refractivity contribution in [1.82, 2.24) is 5.43 Å². The van der Waals surface area contributed by atoms with E-state index in [1.165, 1.54) is 24.6 Å². The maximum atomic E-state index is 12.1.